The molecule has 0 fully saturated rings. The summed E-state index contributed by atoms with van der Waals surface area (Å²) in [6.45, 7) is 0.959. The Bertz CT molecular complexity index is 1080. The minimum absolute atomic E-state index is 0. The Morgan fingerprint density at radius 3 is 2.63 bits per heavy atom. The van der Waals surface area contributed by atoms with Crippen molar-refractivity contribution >= 4 is 62.7 Å². The predicted octanol–water partition coefficient (Wildman–Crippen LogP) is 5.04. The summed E-state index contributed by atoms with van der Waals surface area (Å²) in [7, 11) is 1.72. The number of hydrogen-bond donors (Lipinski definition) is 3. The van der Waals surface area contributed by atoms with Crippen molar-refractivity contribution < 1.29 is 5.11 Å². The van der Waals surface area contributed by atoms with Crippen LogP contribution in [0.1, 0.15) is 16.7 Å². The lowest BCUT2D eigenvalue weighted by atomic mass is 10.2. The zero-order chi connectivity index (χ0) is 20.1. The maximum atomic E-state index is 10.5. The van der Waals surface area contributed by atoms with Crippen LogP contribution in [0.5, 0.6) is 0 Å². The Morgan fingerprint density at radius 1 is 1.10 bits per heavy atom. The lowest BCUT2D eigenvalue weighted by Gasteiger charge is -2.14. The number of aliphatic imine (C=N–C) groups is 1. The number of thiazole rings is 1. The molecule has 1 unspecified atom stereocenters. The topological polar surface area (TPSA) is 69.5 Å². The second-order valence-corrected chi connectivity index (χ2v) is 8.49. The number of benzene rings is 2. The smallest absolute Gasteiger partial charge is 0.191 e. The minimum atomic E-state index is -0.588. The number of aliphatic hydroxyl groups is 1. The van der Waals surface area contributed by atoms with E-state index in [-0.39, 0.29) is 24.0 Å². The molecule has 156 valence electrons. The van der Waals surface area contributed by atoms with Gasteiger partial charge in [0, 0.05) is 34.1 Å². The molecule has 8 heteroatoms. The molecule has 2 aromatic heterocycles. The quantitative estimate of drug-likeness (QED) is 0.179. The lowest BCUT2D eigenvalue weighted by Crippen LogP contribution is -2.38. The number of rotatable bonds is 6. The van der Waals surface area contributed by atoms with Crippen molar-refractivity contribution in [2.24, 2.45) is 4.99 Å². The highest BCUT2D eigenvalue weighted by Crippen LogP contribution is 2.29. The number of aliphatic hydroxyl groups excluding tert-OH is 1. The van der Waals surface area contributed by atoms with Gasteiger partial charge in [-0.05, 0) is 17.5 Å². The molecule has 5 nitrogen and oxygen atoms in total. The van der Waals surface area contributed by atoms with Crippen LogP contribution in [0.25, 0.3) is 20.7 Å². The third kappa shape index (κ3) is 5.57. The van der Waals surface area contributed by atoms with Gasteiger partial charge in [0.25, 0.3) is 0 Å². The van der Waals surface area contributed by atoms with Crippen molar-refractivity contribution in [1.82, 2.24) is 15.6 Å². The van der Waals surface area contributed by atoms with E-state index in [1.807, 2.05) is 36.4 Å². The van der Waals surface area contributed by atoms with Crippen LogP contribution < -0.4 is 10.6 Å². The predicted molar refractivity (Wildman–Crippen MR) is 138 cm³/mol. The van der Waals surface area contributed by atoms with E-state index in [9.17, 15) is 5.11 Å². The number of fused-ring (bicyclic) bond motifs is 1. The molecule has 0 bridgehead atoms. The van der Waals surface area contributed by atoms with E-state index in [1.165, 1.54) is 4.70 Å². The maximum Gasteiger partial charge on any atom is 0.191 e. The number of guanidine groups is 1. The first-order valence-corrected chi connectivity index (χ1v) is 11.0. The number of thiophene rings is 1. The molecule has 30 heavy (non-hydrogen) atoms. The third-order valence-electron chi connectivity index (χ3n) is 4.47. The molecule has 0 aliphatic carbocycles. The Labute approximate surface area is 200 Å². The fourth-order valence-electron chi connectivity index (χ4n) is 2.96. The molecule has 0 spiro atoms. The first-order valence-electron chi connectivity index (χ1n) is 9.34. The van der Waals surface area contributed by atoms with Crippen LogP contribution >= 0.6 is 46.7 Å². The van der Waals surface area contributed by atoms with Gasteiger partial charge in [-0.2, -0.15) is 0 Å². The monoisotopic (exact) mass is 550 g/mol. The lowest BCUT2D eigenvalue weighted by molar-refractivity contribution is 0.184. The van der Waals surface area contributed by atoms with E-state index in [0.717, 1.165) is 26.5 Å². The summed E-state index contributed by atoms with van der Waals surface area (Å²) in [5, 5.41) is 21.2. The molecular formula is C22H23IN4OS2. The number of aromatic nitrogens is 1. The van der Waals surface area contributed by atoms with E-state index >= 15 is 0 Å². The molecule has 4 rings (SSSR count). The van der Waals surface area contributed by atoms with Crippen molar-refractivity contribution in [3.05, 3.63) is 76.6 Å². The van der Waals surface area contributed by atoms with E-state index in [1.54, 1.807) is 29.7 Å². The van der Waals surface area contributed by atoms with Gasteiger partial charge >= 0.3 is 0 Å². The second-order valence-electron chi connectivity index (χ2n) is 6.52. The molecule has 0 saturated heterocycles. The van der Waals surface area contributed by atoms with Crippen molar-refractivity contribution in [3.63, 3.8) is 0 Å². The normalized spacial score (nSPS) is 12.4. The SMILES string of the molecule is CN=C(NCc1csc(-c2ccccc2)n1)NCC(O)c1cc2ccccc2s1.I. The van der Waals surface area contributed by atoms with E-state index in [4.69, 9.17) is 0 Å². The molecule has 4 aromatic rings. The third-order valence-corrected chi connectivity index (χ3v) is 6.63. The van der Waals surface area contributed by atoms with Crippen LogP contribution in [0.2, 0.25) is 0 Å². The van der Waals surface area contributed by atoms with Crippen LogP contribution in [-0.2, 0) is 6.54 Å². The van der Waals surface area contributed by atoms with Crippen LogP contribution in [-0.4, -0.2) is 29.6 Å². The maximum absolute atomic E-state index is 10.5. The van der Waals surface area contributed by atoms with Gasteiger partial charge in [-0.25, -0.2) is 4.98 Å². The fourth-order valence-corrected chi connectivity index (χ4v) is 4.83. The summed E-state index contributed by atoms with van der Waals surface area (Å²) in [6.07, 6.45) is -0.588. The molecule has 2 aromatic carbocycles. The van der Waals surface area contributed by atoms with Crippen LogP contribution in [0.15, 0.2) is 71.0 Å². The molecule has 0 saturated carbocycles. The van der Waals surface area contributed by atoms with Crippen LogP contribution in [0.4, 0.5) is 0 Å². The molecule has 0 radical (unpaired) electrons. The second kappa shape index (κ2) is 10.9. The summed E-state index contributed by atoms with van der Waals surface area (Å²) in [5.41, 5.74) is 2.08. The van der Waals surface area contributed by atoms with Crippen molar-refractivity contribution in [2.45, 2.75) is 12.6 Å². The van der Waals surface area contributed by atoms with Crippen LogP contribution in [0.3, 0.4) is 0 Å². The zero-order valence-corrected chi connectivity index (χ0v) is 20.4. The molecule has 1 atom stereocenters. The summed E-state index contributed by atoms with van der Waals surface area (Å²) >= 11 is 3.25. The van der Waals surface area contributed by atoms with Gasteiger partial charge in [0.15, 0.2) is 5.96 Å². The van der Waals surface area contributed by atoms with Gasteiger partial charge in [-0.1, -0.05) is 48.5 Å². The summed E-state index contributed by atoms with van der Waals surface area (Å²) in [6, 6.07) is 20.4. The fraction of sp³-hybridized carbons (Fsp3) is 0.182. The summed E-state index contributed by atoms with van der Waals surface area (Å²) < 4.78 is 1.18. The highest BCUT2D eigenvalue weighted by Gasteiger charge is 2.12. The van der Waals surface area contributed by atoms with Gasteiger partial charge in [-0.15, -0.1) is 46.7 Å². The highest BCUT2D eigenvalue weighted by molar-refractivity contribution is 14.0. The molecule has 3 N–H and O–H groups in total. The van der Waals surface area contributed by atoms with Gasteiger partial charge in [0.2, 0.25) is 0 Å². The van der Waals surface area contributed by atoms with Gasteiger partial charge in [0.1, 0.15) is 11.1 Å². The Morgan fingerprint density at radius 2 is 1.87 bits per heavy atom. The first kappa shape index (κ1) is 22.7. The van der Waals surface area contributed by atoms with E-state index < -0.39 is 6.10 Å². The average Bonchev–Trinajstić information content (AvgIpc) is 3.41. The van der Waals surface area contributed by atoms with Crippen molar-refractivity contribution in [3.8, 4) is 10.6 Å². The number of nitrogens with zero attached hydrogens (tertiary/aromatic N) is 2. The molecule has 0 aliphatic rings. The molecule has 0 aliphatic heterocycles. The summed E-state index contributed by atoms with van der Waals surface area (Å²) in [4.78, 5) is 9.86. The van der Waals surface area contributed by atoms with E-state index in [0.29, 0.717) is 19.0 Å². The minimum Gasteiger partial charge on any atom is -0.386 e. The summed E-state index contributed by atoms with van der Waals surface area (Å²) in [5.74, 6) is 0.638. The molecule has 0 amide bonds. The largest absolute Gasteiger partial charge is 0.386 e. The standard InChI is InChI=1S/C22H22N4OS2.HI/c1-23-22(24-12-17-14-28-21(26-17)15-7-3-2-4-8-15)25-13-18(27)20-11-16-9-5-6-10-19(16)29-20;/h2-11,14,18,27H,12-13H2,1H3,(H2,23,24,25);1H. The van der Waals surface area contributed by atoms with Crippen LogP contribution in [0, 0.1) is 0 Å². The number of halogens is 1. The Kier molecular flexibility index (Phi) is 8.20. The van der Waals surface area contributed by atoms with Gasteiger partial charge in [-0.3, -0.25) is 4.99 Å². The number of nitrogens with one attached hydrogen (secondary N) is 2. The average molecular weight is 550 g/mol. The van der Waals surface area contributed by atoms with Crippen molar-refractivity contribution in [2.75, 3.05) is 13.6 Å². The highest BCUT2D eigenvalue weighted by atomic mass is 127. The molecule has 2 heterocycles. The zero-order valence-electron chi connectivity index (χ0n) is 16.4. The Balaban J connectivity index is 0.00000256. The number of hydrogen-bond acceptors (Lipinski definition) is 5. The molecular weight excluding hydrogens is 527 g/mol. The van der Waals surface area contributed by atoms with Gasteiger partial charge in [0.05, 0.1) is 12.2 Å². The van der Waals surface area contributed by atoms with Crippen molar-refractivity contribution in [1.29, 1.82) is 0 Å². The first-order chi connectivity index (χ1) is 14.2. The Hall–Kier alpha value is -2.01. The van der Waals surface area contributed by atoms with Gasteiger partial charge < -0.3 is 15.7 Å². The van der Waals surface area contributed by atoms with E-state index in [2.05, 4.69) is 50.3 Å².